The highest BCUT2D eigenvalue weighted by atomic mass is 35.5. The van der Waals surface area contributed by atoms with Crippen molar-refractivity contribution in [2.24, 2.45) is 0 Å². The van der Waals surface area contributed by atoms with Crippen LogP contribution in [0.4, 0.5) is 0 Å². The lowest BCUT2D eigenvalue weighted by molar-refractivity contribution is 0.0897. The first-order valence-corrected chi connectivity index (χ1v) is 6.62. The van der Waals surface area contributed by atoms with Gasteiger partial charge in [-0.2, -0.15) is 0 Å². The molecule has 0 aliphatic rings. The number of hydrogen-bond acceptors (Lipinski definition) is 4. The summed E-state index contributed by atoms with van der Waals surface area (Å²) in [7, 11) is 0. The molecule has 1 atom stereocenters. The Morgan fingerprint density at radius 3 is 3.00 bits per heavy atom. The van der Waals surface area contributed by atoms with E-state index in [4.69, 9.17) is 21.2 Å². The van der Waals surface area contributed by atoms with Crippen molar-refractivity contribution in [3.63, 3.8) is 0 Å². The summed E-state index contributed by atoms with van der Waals surface area (Å²) in [6.45, 7) is 1.83. The van der Waals surface area contributed by atoms with Crippen LogP contribution in [0.15, 0.2) is 34.9 Å². The summed E-state index contributed by atoms with van der Waals surface area (Å²) in [6.07, 6.45) is 0.487. The fourth-order valence-corrected chi connectivity index (χ4v) is 1.92. The Bertz CT molecular complexity index is 598. The summed E-state index contributed by atoms with van der Waals surface area (Å²) in [5.74, 6) is -0.225. The van der Waals surface area contributed by atoms with Crippen molar-refractivity contribution in [1.29, 1.82) is 0 Å². The summed E-state index contributed by atoms with van der Waals surface area (Å²) < 4.78 is 5.03. The Kier molecular flexibility index (Phi) is 4.76. The van der Waals surface area contributed by atoms with E-state index < -0.39 is 0 Å². The lowest BCUT2D eigenvalue weighted by Gasteiger charge is -2.09. The Morgan fingerprint density at radius 2 is 2.30 bits per heavy atom. The second-order valence-corrected chi connectivity index (χ2v) is 4.91. The maximum Gasteiger partial charge on any atom is 0.290 e. The summed E-state index contributed by atoms with van der Waals surface area (Å²) in [4.78, 5) is 11.9. The molecule has 0 saturated heterocycles. The van der Waals surface area contributed by atoms with Gasteiger partial charge in [0, 0.05) is 29.3 Å². The molecule has 106 valence electrons. The number of aliphatic hydroxyl groups excluding tert-OH is 1. The van der Waals surface area contributed by atoms with Gasteiger partial charge in [0.15, 0.2) is 0 Å². The Labute approximate surface area is 121 Å². The third-order valence-electron chi connectivity index (χ3n) is 2.79. The van der Waals surface area contributed by atoms with Crippen LogP contribution in [0.25, 0.3) is 11.3 Å². The van der Waals surface area contributed by atoms with Gasteiger partial charge in [0.05, 0.1) is 0 Å². The number of carbonyl (C=O) groups is 1. The van der Waals surface area contributed by atoms with E-state index in [2.05, 4.69) is 10.5 Å². The minimum absolute atomic E-state index is 0.0195. The number of carbonyl (C=O) groups excluding carboxylic acids is 1. The van der Waals surface area contributed by atoms with Gasteiger partial charge in [-0.25, -0.2) is 0 Å². The maximum absolute atomic E-state index is 11.9. The third-order valence-corrected chi connectivity index (χ3v) is 3.03. The summed E-state index contributed by atoms with van der Waals surface area (Å²) in [5.41, 5.74) is 1.33. The molecule has 0 spiro atoms. The molecular weight excluding hydrogens is 280 g/mol. The number of aromatic nitrogens is 1. The van der Waals surface area contributed by atoms with Gasteiger partial charge in [-0.1, -0.05) is 28.9 Å². The molecule has 0 fully saturated rings. The molecule has 0 aliphatic heterocycles. The van der Waals surface area contributed by atoms with E-state index >= 15 is 0 Å². The number of nitrogens with zero attached hydrogens (tertiary/aromatic N) is 1. The number of rotatable bonds is 5. The first-order valence-electron chi connectivity index (χ1n) is 6.24. The molecule has 6 heteroatoms. The third kappa shape index (κ3) is 3.59. The first-order chi connectivity index (χ1) is 9.60. The zero-order chi connectivity index (χ0) is 14.5. The first kappa shape index (κ1) is 14.6. The van der Waals surface area contributed by atoms with Crippen LogP contribution in [-0.2, 0) is 0 Å². The smallest absolute Gasteiger partial charge is 0.290 e. The molecule has 0 aliphatic carbocycles. The van der Waals surface area contributed by atoms with Gasteiger partial charge in [0.25, 0.3) is 5.91 Å². The molecule has 1 aromatic carbocycles. The van der Waals surface area contributed by atoms with E-state index in [0.717, 1.165) is 5.56 Å². The summed E-state index contributed by atoms with van der Waals surface area (Å²) >= 11 is 5.91. The average molecular weight is 295 g/mol. The summed E-state index contributed by atoms with van der Waals surface area (Å²) in [6, 6.07) is 8.57. The Balaban J connectivity index is 2.11. The second-order valence-electron chi connectivity index (χ2n) is 4.47. The van der Waals surface area contributed by atoms with Gasteiger partial charge < -0.3 is 14.9 Å². The molecule has 5 nitrogen and oxygen atoms in total. The number of hydrogen-bond donors (Lipinski definition) is 2. The van der Waals surface area contributed by atoms with Crippen LogP contribution in [0.1, 0.15) is 23.9 Å². The highest BCUT2D eigenvalue weighted by Crippen LogP contribution is 2.22. The molecule has 1 unspecified atom stereocenters. The van der Waals surface area contributed by atoms with Crippen molar-refractivity contribution in [2.45, 2.75) is 19.4 Å². The predicted octanol–water partition coefficient (Wildman–Crippen LogP) is 2.50. The van der Waals surface area contributed by atoms with Gasteiger partial charge in [0.2, 0.25) is 5.76 Å². The lowest BCUT2D eigenvalue weighted by Crippen LogP contribution is -2.32. The molecule has 2 aromatic rings. The van der Waals surface area contributed by atoms with Gasteiger partial charge in [-0.05, 0) is 25.5 Å². The van der Waals surface area contributed by atoms with Gasteiger partial charge in [0.1, 0.15) is 5.69 Å². The minimum atomic E-state index is -0.355. The molecule has 1 aromatic heterocycles. The van der Waals surface area contributed by atoms with Gasteiger partial charge in [-0.3, -0.25) is 4.79 Å². The van der Waals surface area contributed by atoms with E-state index in [-0.39, 0.29) is 24.3 Å². The van der Waals surface area contributed by atoms with Crippen LogP contribution in [-0.4, -0.2) is 28.8 Å². The molecule has 0 bridgehead atoms. The lowest BCUT2D eigenvalue weighted by atomic mass is 10.1. The Morgan fingerprint density at radius 1 is 1.50 bits per heavy atom. The number of aliphatic hydroxyl groups is 1. The zero-order valence-corrected chi connectivity index (χ0v) is 11.7. The Hall–Kier alpha value is -1.85. The van der Waals surface area contributed by atoms with Crippen LogP contribution in [0.5, 0.6) is 0 Å². The van der Waals surface area contributed by atoms with E-state index in [0.29, 0.717) is 17.1 Å². The van der Waals surface area contributed by atoms with E-state index in [1.807, 2.05) is 13.0 Å². The van der Waals surface area contributed by atoms with E-state index in [9.17, 15) is 4.79 Å². The molecule has 1 amide bonds. The largest absolute Gasteiger partial charge is 0.396 e. The second kappa shape index (κ2) is 6.54. The fourth-order valence-electron chi connectivity index (χ4n) is 1.73. The van der Waals surface area contributed by atoms with Crippen molar-refractivity contribution in [2.75, 3.05) is 6.61 Å². The van der Waals surface area contributed by atoms with Crippen LogP contribution in [0.3, 0.4) is 0 Å². The molecule has 0 saturated carbocycles. The summed E-state index contributed by atoms with van der Waals surface area (Å²) in [5, 5.41) is 16.0. The zero-order valence-electron chi connectivity index (χ0n) is 11.0. The molecule has 0 radical (unpaired) electrons. The fraction of sp³-hybridized carbons (Fsp3) is 0.286. The van der Waals surface area contributed by atoms with Crippen LogP contribution < -0.4 is 5.32 Å². The van der Waals surface area contributed by atoms with E-state index in [1.54, 1.807) is 24.3 Å². The highest BCUT2D eigenvalue weighted by molar-refractivity contribution is 6.30. The van der Waals surface area contributed by atoms with Crippen LogP contribution in [0, 0.1) is 0 Å². The average Bonchev–Trinajstić information content (AvgIpc) is 2.88. The topological polar surface area (TPSA) is 75.4 Å². The van der Waals surface area contributed by atoms with Crippen molar-refractivity contribution < 1.29 is 14.4 Å². The monoisotopic (exact) mass is 294 g/mol. The van der Waals surface area contributed by atoms with Crippen LogP contribution in [0.2, 0.25) is 5.02 Å². The quantitative estimate of drug-likeness (QED) is 0.888. The van der Waals surface area contributed by atoms with Crippen LogP contribution >= 0.6 is 11.6 Å². The minimum Gasteiger partial charge on any atom is -0.396 e. The predicted molar refractivity (Wildman–Crippen MR) is 75.6 cm³/mol. The molecule has 1 heterocycles. The maximum atomic E-state index is 11.9. The number of nitrogens with one attached hydrogen (secondary N) is 1. The van der Waals surface area contributed by atoms with Crippen molar-refractivity contribution >= 4 is 17.5 Å². The van der Waals surface area contributed by atoms with Crippen molar-refractivity contribution in [3.8, 4) is 11.3 Å². The highest BCUT2D eigenvalue weighted by Gasteiger charge is 2.16. The number of benzene rings is 1. The van der Waals surface area contributed by atoms with Crippen molar-refractivity contribution in [1.82, 2.24) is 10.5 Å². The molecule has 2 rings (SSSR count). The number of halogens is 1. The molecule has 2 N–H and O–H groups in total. The SMILES string of the molecule is CC(CCO)NC(=O)c1cc(-c2cccc(Cl)c2)no1. The normalized spacial score (nSPS) is 12.2. The molecular formula is C14H15ClN2O3. The van der Waals surface area contributed by atoms with Gasteiger partial charge in [-0.15, -0.1) is 0 Å². The molecule has 20 heavy (non-hydrogen) atoms. The van der Waals surface area contributed by atoms with E-state index in [1.165, 1.54) is 0 Å². The standard InChI is InChI=1S/C14H15ClN2O3/c1-9(5-6-18)16-14(19)13-8-12(17-20-13)10-3-2-4-11(15)7-10/h2-4,7-9,18H,5-6H2,1H3,(H,16,19). The van der Waals surface area contributed by atoms with Gasteiger partial charge >= 0.3 is 0 Å². The number of amides is 1. The van der Waals surface area contributed by atoms with Crippen molar-refractivity contribution in [3.05, 3.63) is 41.1 Å².